The molecule has 3 aromatic carbocycles. The van der Waals surface area contributed by atoms with Crippen LogP contribution in [0.2, 0.25) is 0 Å². The number of ether oxygens (including phenoxy) is 2. The van der Waals surface area contributed by atoms with E-state index in [9.17, 15) is 19.7 Å². The minimum absolute atomic E-state index is 0.0694. The maximum Gasteiger partial charge on any atom is 0.343 e. The number of non-ortho nitro benzene ring substituents is 1. The minimum atomic E-state index is -0.869. The Kier molecular flexibility index (Phi) is 7.48. The molecule has 0 saturated heterocycles. The fourth-order valence-electron chi connectivity index (χ4n) is 2.73. The van der Waals surface area contributed by atoms with Gasteiger partial charge in [0.2, 0.25) is 0 Å². The molecule has 168 valence electrons. The number of hydrogen-bond acceptors (Lipinski definition) is 7. The van der Waals surface area contributed by atoms with E-state index in [4.69, 9.17) is 9.47 Å². The van der Waals surface area contributed by atoms with Gasteiger partial charge in [0.05, 0.1) is 16.7 Å². The number of aryl methyl sites for hydroxylation is 1. The fourth-order valence-corrected chi connectivity index (χ4v) is 2.73. The Labute approximate surface area is 189 Å². The Morgan fingerprint density at radius 1 is 1.03 bits per heavy atom. The summed E-state index contributed by atoms with van der Waals surface area (Å²) >= 11 is 0. The predicted octanol–water partition coefficient (Wildman–Crippen LogP) is 4.04. The van der Waals surface area contributed by atoms with Crippen LogP contribution in [-0.2, 0) is 4.79 Å². The van der Waals surface area contributed by atoms with Crippen LogP contribution in [0.4, 0.5) is 5.69 Å². The van der Waals surface area contributed by atoms with Crippen molar-refractivity contribution >= 4 is 23.8 Å². The van der Waals surface area contributed by atoms with Crippen molar-refractivity contribution in [1.82, 2.24) is 5.43 Å². The lowest BCUT2D eigenvalue weighted by Crippen LogP contribution is -2.33. The van der Waals surface area contributed by atoms with Crippen molar-refractivity contribution in [3.8, 4) is 11.5 Å². The van der Waals surface area contributed by atoms with Gasteiger partial charge >= 0.3 is 5.97 Å². The van der Waals surface area contributed by atoms with E-state index >= 15 is 0 Å². The van der Waals surface area contributed by atoms with Gasteiger partial charge in [-0.1, -0.05) is 17.7 Å². The van der Waals surface area contributed by atoms with Gasteiger partial charge in [-0.25, -0.2) is 10.2 Å². The first-order valence-corrected chi connectivity index (χ1v) is 9.95. The zero-order valence-electron chi connectivity index (χ0n) is 17.9. The highest BCUT2D eigenvalue weighted by molar-refractivity contribution is 5.91. The highest BCUT2D eigenvalue weighted by Crippen LogP contribution is 2.18. The van der Waals surface area contributed by atoms with Crippen LogP contribution in [0.1, 0.15) is 28.4 Å². The third-order valence-corrected chi connectivity index (χ3v) is 4.46. The van der Waals surface area contributed by atoms with Crippen LogP contribution >= 0.6 is 0 Å². The molecule has 0 spiro atoms. The molecule has 0 unspecified atom stereocenters. The summed E-state index contributed by atoms with van der Waals surface area (Å²) in [5.74, 6) is -0.237. The molecule has 0 fully saturated rings. The molecule has 9 nitrogen and oxygen atoms in total. The van der Waals surface area contributed by atoms with Gasteiger partial charge in [-0.05, 0) is 67.9 Å². The van der Waals surface area contributed by atoms with Crippen molar-refractivity contribution in [1.29, 1.82) is 0 Å². The number of hydrogen-bond donors (Lipinski definition) is 1. The van der Waals surface area contributed by atoms with Crippen LogP contribution in [-0.4, -0.2) is 29.1 Å². The van der Waals surface area contributed by atoms with Crippen molar-refractivity contribution in [3.63, 3.8) is 0 Å². The second kappa shape index (κ2) is 10.7. The molecule has 0 heterocycles. The highest BCUT2D eigenvalue weighted by atomic mass is 16.6. The van der Waals surface area contributed by atoms with Crippen LogP contribution in [0, 0.1) is 17.0 Å². The molecule has 0 aliphatic rings. The van der Waals surface area contributed by atoms with E-state index < -0.39 is 22.9 Å². The average Bonchev–Trinajstić information content (AvgIpc) is 2.80. The van der Waals surface area contributed by atoms with Gasteiger partial charge in [0, 0.05) is 12.1 Å². The lowest BCUT2D eigenvalue weighted by Gasteiger charge is -2.12. The number of nitrogens with one attached hydrogen (secondary N) is 1. The molecular formula is C24H21N3O6. The first-order chi connectivity index (χ1) is 15.8. The lowest BCUT2D eigenvalue weighted by molar-refractivity contribution is -0.384. The Morgan fingerprint density at radius 2 is 1.70 bits per heavy atom. The summed E-state index contributed by atoms with van der Waals surface area (Å²) in [6.07, 6.45) is 0.565. The zero-order valence-corrected chi connectivity index (χ0v) is 17.9. The van der Waals surface area contributed by atoms with E-state index in [1.165, 1.54) is 37.4 Å². The maximum absolute atomic E-state index is 12.2. The monoisotopic (exact) mass is 447 g/mol. The minimum Gasteiger partial charge on any atom is -0.481 e. The summed E-state index contributed by atoms with van der Waals surface area (Å²) in [6.45, 7) is 3.43. The number of nitrogens with zero attached hydrogens (tertiary/aromatic N) is 2. The molecule has 0 bridgehead atoms. The number of carbonyl (C=O) groups is 2. The van der Waals surface area contributed by atoms with Gasteiger partial charge in [0.25, 0.3) is 11.6 Å². The Bertz CT molecular complexity index is 1170. The van der Waals surface area contributed by atoms with Gasteiger partial charge in [-0.3, -0.25) is 14.9 Å². The summed E-state index contributed by atoms with van der Waals surface area (Å²) in [7, 11) is 0. The summed E-state index contributed by atoms with van der Waals surface area (Å²) in [5, 5.41) is 14.6. The first kappa shape index (κ1) is 23.1. The number of nitro benzene ring substituents is 1. The van der Waals surface area contributed by atoms with Gasteiger partial charge in [0.15, 0.2) is 6.10 Å². The number of benzene rings is 3. The van der Waals surface area contributed by atoms with Crippen molar-refractivity contribution < 1.29 is 24.0 Å². The van der Waals surface area contributed by atoms with E-state index in [0.29, 0.717) is 22.6 Å². The second-order valence-corrected chi connectivity index (χ2v) is 7.07. The molecule has 1 N–H and O–H groups in total. The predicted molar refractivity (Wildman–Crippen MR) is 122 cm³/mol. The van der Waals surface area contributed by atoms with Crippen LogP contribution in [0.3, 0.4) is 0 Å². The molecule has 0 saturated carbocycles. The average molecular weight is 447 g/mol. The van der Waals surface area contributed by atoms with Gasteiger partial charge in [-0.15, -0.1) is 0 Å². The Hall–Kier alpha value is -4.53. The van der Waals surface area contributed by atoms with Crippen LogP contribution in [0.25, 0.3) is 0 Å². The van der Waals surface area contributed by atoms with Gasteiger partial charge in [-0.2, -0.15) is 5.10 Å². The normalized spacial score (nSPS) is 11.6. The zero-order chi connectivity index (χ0) is 23.8. The molecule has 0 aliphatic carbocycles. The van der Waals surface area contributed by atoms with E-state index in [1.54, 1.807) is 42.5 Å². The number of rotatable bonds is 8. The maximum atomic E-state index is 12.2. The van der Waals surface area contributed by atoms with Crippen molar-refractivity contribution in [2.24, 2.45) is 5.10 Å². The number of carbonyl (C=O) groups excluding carboxylic acids is 2. The third kappa shape index (κ3) is 6.73. The van der Waals surface area contributed by atoms with E-state index in [1.807, 2.05) is 13.0 Å². The summed E-state index contributed by atoms with van der Waals surface area (Å²) < 4.78 is 10.8. The van der Waals surface area contributed by atoms with Gasteiger partial charge in [0.1, 0.15) is 11.5 Å². The third-order valence-electron chi connectivity index (χ3n) is 4.46. The molecule has 1 amide bonds. The van der Waals surface area contributed by atoms with Gasteiger partial charge < -0.3 is 9.47 Å². The topological polar surface area (TPSA) is 120 Å². The lowest BCUT2D eigenvalue weighted by atomic mass is 10.1. The smallest absolute Gasteiger partial charge is 0.343 e. The van der Waals surface area contributed by atoms with Crippen molar-refractivity contribution in [2.45, 2.75) is 20.0 Å². The quantitative estimate of drug-likeness (QED) is 0.183. The van der Waals surface area contributed by atoms with E-state index in [-0.39, 0.29) is 5.69 Å². The Balaban J connectivity index is 1.49. The molecule has 1 atom stereocenters. The fraction of sp³-hybridized carbons (Fsp3) is 0.125. The largest absolute Gasteiger partial charge is 0.481 e. The standard InChI is InChI=1S/C24H21N3O6/c1-16-4-3-5-19(14-16)24(29)33-22-10-6-18(7-11-22)15-25-26-23(28)17(2)32-21-12-8-20(9-13-21)27(30)31/h3-15,17H,1-2H3,(H,26,28)/b25-15-/t17-/m0/s1. The summed E-state index contributed by atoms with van der Waals surface area (Å²) in [5.41, 5.74) is 4.40. The van der Waals surface area contributed by atoms with E-state index in [2.05, 4.69) is 10.5 Å². The van der Waals surface area contributed by atoms with Crippen molar-refractivity contribution in [2.75, 3.05) is 0 Å². The number of esters is 1. The molecule has 33 heavy (non-hydrogen) atoms. The Morgan fingerprint density at radius 3 is 2.33 bits per heavy atom. The molecule has 9 heteroatoms. The number of nitro groups is 1. The van der Waals surface area contributed by atoms with E-state index in [0.717, 1.165) is 5.56 Å². The molecule has 3 aromatic rings. The van der Waals surface area contributed by atoms with Crippen molar-refractivity contribution in [3.05, 3.63) is 99.6 Å². The summed E-state index contributed by atoms with van der Waals surface area (Å²) in [6, 6.07) is 19.1. The first-order valence-electron chi connectivity index (χ1n) is 9.95. The van der Waals surface area contributed by atoms with Crippen LogP contribution in [0.5, 0.6) is 11.5 Å². The SMILES string of the molecule is Cc1cccc(C(=O)Oc2ccc(/C=N\NC(=O)[C@H](C)Oc3ccc([N+](=O)[O-])cc3)cc2)c1. The summed E-state index contributed by atoms with van der Waals surface area (Å²) in [4.78, 5) is 34.5. The number of amides is 1. The molecule has 0 aromatic heterocycles. The second-order valence-electron chi connectivity index (χ2n) is 7.07. The highest BCUT2D eigenvalue weighted by Gasteiger charge is 2.15. The van der Waals surface area contributed by atoms with Crippen LogP contribution in [0.15, 0.2) is 77.9 Å². The number of hydrazone groups is 1. The molecule has 0 radical (unpaired) electrons. The molecule has 3 rings (SSSR count). The van der Waals surface area contributed by atoms with Crippen LogP contribution < -0.4 is 14.9 Å². The molecular weight excluding hydrogens is 426 g/mol. The molecule has 0 aliphatic heterocycles.